The number of benzene rings is 1. The molecule has 0 radical (unpaired) electrons. The maximum atomic E-state index is 12.6. The summed E-state index contributed by atoms with van der Waals surface area (Å²) in [5.74, 6) is 2.30. The molecule has 0 aromatic heterocycles. The lowest BCUT2D eigenvalue weighted by molar-refractivity contribution is -0.137. The van der Waals surface area contributed by atoms with Crippen molar-refractivity contribution in [3.05, 3.63) is 29.8 Å². The molecule has 0 amide bonds. The van der Waals surface area contributed by atoms with Crippen molar-refractivity contribution >= 4 is 11.8 Å². The Labute approximate surface area is 132 Å². The van der Waals surface area contributed by atoms with Crippen LogP contribution in [0.15, 0.2) is 24.3 Å². The highest BCUT2D eigenvalue weighted by Crippen LogP contribution is 2.31. The van der Waals surface area contributed by atoms with Crippen molar-refractivity contribution in [1.29, 1.82) is 0 Å². The van der Waals surface area contributed by atoms with Gasteiger partial charge in [0.05, 0.1) is 5.56 Å². The lowest BCUT2D eigenvalue weighted by atomic mass is 10.2. The zero-order valence-electron chi connectivity index (χ0n) is 12.3. The first-order valence-electron chi connectivity index (χ1n) is 7.12. The molecule has 0 bridgehead atoms. The second kappa shape index (κ2) is 7.57. The van der Waals surface area contributed by atoms with Gasteiger partial charge in [-0.1, -0.05) is 6.07 Å². The molecular formula is C15H20F3NO2S. The quantitative estimate of drug-likeness (QED) is 0.866. The Kier molecular flexibility index (Phi) is 6.00. The smallest absolute Gasteiger partial charge is 0.416 e. The maximum Gasteiger partial charge on any atom is 0.416 e. The monoisotopic (exact) mass is 335 g/mol. The molecule has 0 aliphatic carbocycles. The summed E-state index contributed by atoms with van der Waals surface area (Å²) in [5, 5.41) is 9.97. The molecule has 1 heterocycles. The molecule has 0 saturated carbocycles. The van der Waals surface area contributed by atoms with E-state index in [2.05, 4.69) is 4.90 Å². The Morgan fingerprint density at radius 1 is 1.45 bits per heavy atom. The molecule has 1 aromatic rings. The summed E-state index contributed by atoms with van der Waals surface area (Å²) in [5.41, 5.74) is -0.750. The number of aliphatic hydroxyl groups is 1. The average Bonchev–Trinajstić information content (AvgIpc) is 2.99. The minimum Gasteiger partial charge on any atom is -0.491 e. The predicted molar refractivity (Wildman–Crippen MR) is 81.3 cm³/mol. The molecular weight excluding hydrogens is 315 g/mol. The first-order chi connectivity index (χ1) is 10.4. The summed E-state index contributed by atoms with van der Waals surface area (Å²) in [4.78, 5) is 2.08. The van der Waals surface area contributed by atoms with E-state index in [4.69, 9.17) is 4.74 Å². The van der Waals surface area contributed by atoms with Gasteiger partial charge in [-0.05, 0) is 37.4 Å². The Morgan fingerprint density at radius 3 is 2.86 bits per heavy atom. The first kappa shape index (κ1) is 17.4. The molecule has 1 aromatic carbocycles. The van der Waals surface area contributed by atoms with Crippen molar-refractivity contribution in [3.63, 3.8) is 0 Å². The van der Waals surface area contributed by atoms with Gasteiger partial charge < -0.3 is 9.84 Å². The topological polar surface area (TPSA) is 32.7 Å². The van der Waals surface area contributed by atoms with E-state index in [0.29, 0.717) is 12.6 Å². The van der Waals surface area contributed by atoms with Gasteiger partial charge in [-0.2, -0.15) is 24.9 Å². The highest BCUT2D eigenvalue weighted by atomic mass is 32.2. The molecule has 2 unspecified atom stereocenters. The van der Waals surface area contributed by atoms with E-state index in [1.807, 2.05) is 18.8 Å². The van der Waals surface area contributed by atoms with Crippen LogP contribution in [-0.2, 0) is 6.18 Å². The van der Waals surface area contributed by atoms with Crippen molar-refractivity contribution in [2.24, 2.45) is 0 Å². The van der Waals surface area contributed by atoms with E-state index < -0.39 is 17.8 Å². The number of likely N-dealkylation sites (N-methyl/N-ethyl adjacent to an activating group) is 1. The number of rotatable bonds is 6. The van der Waals surface area contributed by atoms with Crippen LogP contribution < -0.4 is 4.74 Å². The average molecular weight is 335 g/mol. The zero-order valence-corrected chi connectivity index (χ0v) is 13.2. The third kappa shape index (κ3) is 5.07. The van der Waals surface area contributed by atoms with Crippen molar-refractivity contribution in [1.82, 2.24) is 4.90 Å². The highest BCUT2D eigenvalue weighted by Gasteiger charge is 2.30. The predicted octanol–water partition coefficient (Wildman–Crippen LogP) is 2.88. The minimum atomic E-state index is -4.39. The number of aliphatic hydroxyl groups excluding tert-OH is 1. The van der Waals surface area contributed by atoms with E-state index in [0.717, 1.165) is 30.1 Å². The fraction of sp³-hybridized carbons (Fsp3) is 0.600. The van der Waals surface area contributed by atoms with E-state index in [1.165, 1.54) is 12.1 Å². The number of hydrogen-bond donors (Lipinski definition) is 1. The molecule has 2 rings (SSSR count). The molecule has 2 atom stereocenters. The number of halogens is 3. The van der Waals surface area contributed by atoms with Gasteiger partial charge in [0.15, 0.2) is 0 Å². The van der Waals surface area contributed by atoms with Gasteiger partial charge in [0.1, 0.15) is 18.5 Å². The van der Waals surface area contributed by atoms with Gasteiger partial charge in [0.25, 0.3) is 0 Å². The van der Waals surface area contributed by atoms with Gasteiger partial charge in [-0.15, -0.1) is 0 Å². The lowest BCUT2D eigenvalue weighted by Crippen LogP contribution is -2.39. The van der Waals surface area contributed by atoms with Crippen LogP contribution in [-0.4, -0.2) is 53.9 Å². The Balaban J connectivity index is 1.82. The second-order valence-corrected chi connectivity index (χ2v) is 6.60. The molecule has 1 fully saturated rings. The second-order valence-electron chi connectivity index (χ2n) is 5.45. The zero-order chi connectivity index (χ0) is 16.2. The van der Waals surface area contributed by atoms with Gasteiger partial charge in [-0.25, -0.2) is 0 Å². The maximum absolute atomic E-state index is 12.6. The van der Waals surface area contributed by atoms with Gasteiger partial charge >= 0.3 is 6.18 Å². The van der Waals surface area contributed by atoms with Crippen LogP contribution in [0.2, 0.25) is 0 Å². The van der Waals surface area contributed by atoms with E-state index in [1.54, 1.807) is 0 Å². The van der Waals surface area contributed by atoms with E-state index in [9.17, 15) is 18.3 Å². The standard InChI is InChI=1S/C15H20F3NO2S/c1-19(12-5-6-22-10-12)8-13(20)9-21-14-4-2-3-11(7-14)15(16,17)18/h2-4,7,12-13,20H,5-6,8-10H2,1H3. The molecule has 1 N–H and O–H groups in total. The van der Waals surface area contributed by atoms with Crippen LogP contribution in [0.3, 0.4) is 0 Å². The van der Waals surface area contributed by atoms with Crippen LogP contribution >= 0.6 is 11.8 Å². The summed E-state index contributed by atoms with van der Waals surface area (Å²) >= 11 is 1.89. The summed E-state index contributed by atoms with van der Waals surface area (Å²) < 4.78 is 43.1. The van der Waals surface area contributed by atoms with Crippen LogP contribution in [0.4, 0.5) is 13.2 Å². The minimum absolute atomic E-state index is 0.0223. The van der Waals surface area contributed by atoms with Crippen LogP contribution in [0.1, 0.15) is 12.0 Å². The molecule has 1 saturated heterocycles. The number of thioether (sulfide) groups is 1. The number of nitrogens with zero attached hydrogens (tertiary/aromatic N) is 1. The molecule has 1 aliphatic heterocycles. The van der Waals surface area contributed by atoms with Crippen molar-refractivity contribution in [3.8, 4) is 5.75 Å². The van der Waals surface area contributed by atoms with Gasteiger partial charge in [0.2, 0.25) is 0 Å². The fourth-order valence-corrected chi connectivity index (χ4v) is 3.66. The Morgan fingerprint density at radius 2 is 2.23 bits per heavy atom. The SMILES string of the molecule is CN(CC(O)COc1cccc(C(F)(F)F)c1)C1CCSC1. The van der Waals surface area contributed by atoms with Crippen LogP contribution in [0, 0.1) is 0 Å². The fourth-order valence-electron chi connectivity index (χ4n) is 2.36. The van der Waals surface area contributed by atoms with Crippen molar-refractivity contribution in [2.75, 3.05) is 31.7 Å². The van der Waals surface area contributed by atoms with Crippen LogP contribution in [0.5, 0.6) is 5.75 Å². The summed E-state index contributed by atoms with van der Waals surface area (Å²) in [7, 11) is 1.95. The third-order valence-electron chi connectivity index (χ3n) is 3.63. The third-order valence-corrected chi connectivity index (χ3v) is 4.78. The molecule has 22 heavy (non-hydrogen) atoms. The van der Waals surface area contributed by atoms with E-state index >= 15 is 0 Å². The molecule has 0 spiro atoms. The summed E-state index contributed by atoms with van der Waals surface area (Å²) in [6.45, 7) is 0.426. The molecule has 3 nitrogen and oxygen atoms in total. The van der Waals surface area contributed by atoms with E-state index in [-0.39, 0.29) is 12.4 Å². The number of hydrogen-bond acceptors (Lipinski definition) is 4. The van der Waals surface area contributed by atoms with Gasteiger partial charge in [-0.3, -0.25) is 4.90 Å². The Bertz CT molecular complexity index is 478. The van der Waals surface area contributed by atoms with Crippen LogP contribution in [0.25, 0.3) is 0 Å². The Hall–Kier alpha value is -0.920. The lowest BCUT2D eigenvalue weighted by Gasteiger charge is -2.26. The van der Waals surface area contributed by atoms with Crippen molar-refractivity contribution in [2.45, 2.75) is 24.7 Å². The molecule has 7 heteroatoms. The first-order valence-corrected chi connectivity index (χ1v) is 8.28. The van der Waals surface area contributed by atoms with Gasteiger partial charge in [0, 0.05) is 18.3 Å². The summed E-state index contributed by atoms with van der Waals surface area (Å²) in [6.07, 6.45) is -4.02. The summed E-state index contributed by atoms with van der Waals surface area (Å²) in [6, 6.07) is 5.15. The number of ether oxygens (including phenoxy) is 1. The highest BCUT2D eigenvalue weighted by molar-refractivity contribution is 7.99. The van der Waals surface area contributed by atoms with Crippen molar-refractivity contribution < 1.29 is 23.0 Å². The molecule has 124 valence electrons. The largest absolute Gasteiger partial charge is 0.491 e. The number of alkyl halides is 3. The normalized spacial score (nSPS) is 20.4. The molecule has 1 aliphatic rings.